The van der Waals surface area contributed by atoms with E-state index in [0.717, 1.165) is 10.9 Å². The number of ether oxygens (including phenoxy) is 1. The minimum atomic E-state index is -0.409. The first kappa shape index (κ1) is 18.1. The van der Waals surface area contributed by atoms with E-state index in [2.05, 4.69) is 20.2 Å². The normalized spacial score (nSPS) is 14.9. The average molecular weight is 381 g/mol. The Bertz CT molecular complexity index is 1180. The zero-order valence-corrected chi connectivity index (χ0v) is 15.6. The predicted molar refractivity (Wildman–Crippen MR) is 104 cm³/mol. The molecule has 28 heavy (non-hydrogen) atoms. The molecule has 4 rings (SSSR count). The van der Waals surface area contributed by atoms with Gasteiger partial charge in [0.05, 0.1) is 18.9 Å². The van der Waals surface area contributed by atoms with E-state index in [-0.39, 0.29) is 11.2 Å². The molecule has 0 saturated carbocycles. The van der Waals surface area contributed by atoms with Crippen LogP contribution in [-0.2, 0) is 4.74 Å². The summed E-state index contributed by atoms with van der Waals surface area (Å²) in [6, 6.07) is 6.51. The van der Waals surface area contributed by atoms with Crippen molar-refractivity contribution in [1.82, 2.24) is 9.97 Å². The van der Waals surface area contributed by atoms with Crippen molar-refractivity contribution < 1.29 is 9.15 Å². The number of H-pyrrole nitrogens is 1. The second-order valence-corrected chi connectivity index (χ2v) is 6.55. The van der Waals surface area contributed by atoms with E-state index in [1.54, 1.807) is 25.1 Å². The Hall–Kier alpha value is -3.33. The fourth-order valence-corrected chi connectivity index (χ4v) is 3.07. The summed E-state index contributed by atoms with van der Waals surface area (Å²) in [5.41, 5.74) is 1.24. The van der Waals surface area contributed by atoms with Crippen LogP contribution in [0.4, 0.5) is 17.2 Å². The monoisotopic (exact) mass is 381 g/mol. The number of azo groups is 1. The number of aromatic nitrogens is 2. The second-order valence-electron chi connectivity index (χ2n) is 6.55. The largest absolute Gasteiger partial charge is 0.423 e. The molecule has 144 valence electrons. The van der Waals surface area contributed by atoms with Crippen LogP contribution in [0.15, 0.2) is 48.5 Å². The first-order chi connectivity index (χ1) is 13.5. The van der Waals surface area contributed by atoms with Crippen LogP contribution in [-0.4, -0.2) is 36.3 Å². The molecule has 0 aliphatic carbocycles. The number of benzene rings is 1. The molecule has 1 aliphatic heterocycles. The Morgan fingerprint density at radius 3 is 2.68 bits per heavy atom. The molecule has 0 amide bonds. The summed E-state index contributed by atoms with van der Waals surface area (Å²) in [7, 11) is 0. The number of hydrogen-bond acceptors (Lipinski definition) is 8. The molecular weight excluding hydrogens is 362 g/mol. The fraction of sp³-hybridized carbons (Fsp3) is 0.316. The molecule has 1 saturated heterocycles. The van der Waals surface area contributed by atoms with Crippen LogP contribution < -0.4 is 16.1 Å². The van der Waals surface area contributed by atoms with E-state index in [1.807, 2.05) is 11.8 Å². The summed E-state index contributed by atoms with van der Waals surface area (Å²) in [5.74, 6) is 1.01. The number of rotatable bonds is 3. The highest BCUT2D eigenvalue weighted by Gasteiger charge is 2.19. The van der Waals surface area contributed by atoms with Crippen LogP contribution in [0.5, 0.6) is 0 Å². The number of fused-ring (bicyclic) bond motifs is 1. The highest BCUT2D eigenvalue weighted by molar-refractivity contribution is 5.81. The number of anilines is 1. The Labute approximate surface area is 159 Å². The Kier molecular flexibility index (Phi) is 4.74. The maximum absolute atomic E-state index is 12.5. The SMILES string of the molecule is Cc1nc(N2CCOCC2)c(N=Nc2cc3ccc(=O)oc3cc2C)c(=O)[nH]1. The summed E-state index contributed by atoms with van der Waals surface area (Å²) < 4.78 is 10.6. The summed E-state index contributed by atoms with van der Waals surface area (Å²) in [6.07, 6.45) is 0. The molecule has 1 N–H and O–H groups in total. The average Bonchev–Trinajstić information content (AvgIpc) is 2.67. The van der Waals surface area contributed by atoms with E-state index < -0.39 is 5.63 Å². The molecule has 0 spiro atoms. The van der Waals surface area contributed by atoms with E-state index in [1.165, 1.54) is 6.07 Å². The van der Waals surface area contributed by atoms with Crippen molar-refractivity contribution in [2.75, 3.05) is 31.2 Å². The van der Waals surface area contributed by atoms with Gasteiger partial charge >= 0.3 is 5.63 Å². The van der Waals surface area contributed by atoms with Gasteiger partial charge in [0.25, 0.3) is 5.56 Å². The number of nitrogens with zero attached hydrogens (tertiary/aromatic N) is 4. The van der Waals surface area contributed by atoms with Gasteiger partial charge in [-0.15, -0.1) is 10.2 Å². The summed E-state index contributed by atoms with van der Waals surface area (Å²) >= 11 is 0. The molecule has 3 heterocycles. The quantitative estimate of drug-likeness (QED) is 0.551. The van der Waals surface area contributed by atoms with Crippen molar-refractivity contribution in [2.24, 2.45) is 10.2 Å². The van der Waals surface area contributed by atoms with Gasteiger partial charge in [0.1, 0.15) is 11.4 Å². The molecule has 0 atom stereocenters. The van der Waals surface area contributed by atoms with Crippen molar-refractivity contribution in [3.05, 3.63) is 56.4 Å². The van der Waals surface area contributed by atoms with Crippen molar-refractivity contribution in [3.8, 4) is 0 Å². The van der Waals surface area contributed by atoms with Crippen LogP contribution in [0.25, 0.3) is 11.0 Å². The molecule has 3 aromatic rings. The first-order valence-corrected chi connectivity index (χ1v) is 8.91. The van der Waals surface area contributed by atoms with Crippen LogP contribution in [0.2, 0.25) is 0 Å². The number of aryl methyl sites for hydroxylation is 2. The molecule has 1 aliphatic rings. The van der Waals surface area contributed by atoms with Gasteiger partial charge in [0.15, 0.2) is 11.5 Å². The number of aromatic amines is 1. The summed E-state index contributed by atoms with van der Waals surface area (Å²) in [5, 5.41) is 9.23. The van der Waals surface area contributed by atoms with E-state index in [0.29, 0.717) is 49.2 Å². The maximum atomic E-state index is 12.5. The topological polar surface area (TPSA) is 113 Å². The third kappa shape index (κ3) is 3.56. The maximum Gasteiger partial charge on any atom is 0.336 e. The Balaban J connectivity index is 1.76. The molecule has 1 aromatic carbocycles. The van der Waals surface area contributed by atoms with Crippen LogP contribution in [0.1, 0.15) is 11.4 Å². The van der Waals surface area contributed by atoms with E-state index in [9.17, 15) is 9.59 Å². The van der Waals surface area contributed by atoms with Gasteiger partial charge in [-0.25, -0.2) is 9.78 Å². The lowest BCUT2D eigenvalue weighted by Gasteiger charge is -2.28. The highest BCUT2D eigenvalue weighted by Crippen LogP contribution is 2.29. The molecule has 0 unspecified atom stereocenters. The second kappa shape index (κ2) is 7.35. The third-order valence-electron chi connectivity index (χ3n) is 4.50. The zero-order chi connectivity index (χ0) is 19.7. The predicted octanol–water partition coefficient (Wildman–Crippen LogP) is 2.75. The lowest BCUT2D eigenvalue weighted by molar-refractivity contribution is 0.122. The van der Waals surface area contributed by atoms with E-state index >= 15 is 0 Å². The molecule has 9 heteroatoms. The van der Waals surface area contributed by atoms with Gasteiger partial charge in [-0.1, -0.05) is 0 Å². The van der Waals surface area contributed by atoms with Gasteiger partial charge in [-0.3, -0.25) is 4.79 Å². The minimum Gasteiger partial charge on any atom is -0.423 e. The lowest BCUT2D eigenvalue weighted by atomic mass is 10.1. The standard InChI is InChI=1S/C19H19N5O4/c1-11-9-15-13(3-4-16(25)28-15)10-14(11)22-23-17-18(20-12(2)21-19(17)26)24-5-7-27-8-6-24/h3-4,9-10H,5-8H2,1-2H3,(H,20,21,26). The zero-order valence-electron chi connectivity index (χ0n) is 15.6. The van der Waals surface area contributed by atoms with Crippen molar-refractivity contribution >= 4 is 28.2 Å². The van der Waals surface area contributed by atoms with Gasteiger partial charge < -0.3 is 19.0 Å². The highest BCUT2D eigenvalue weighted by atomic mass is 16.5. The lowest BCUT2D eigenvalue weighted by Crippen LogP contribution is -2.37. The Morgan fingerprint density at radius 1 is 1.11 bits per heavy atom. The molecule has 2 aromatic heterocycles. The van der Waals surface area contributed by atoms with Crippen LogP contribution >= 0.6 is 0 Å². The Morgan fingerprint density at radius 2 is 1.89 bits per heavy atom. The van der Waals surface area contributed by atoms with Gasteiger partial charge in [0, 0.05) is 24.5 Å². The van der Waals surface area contributed by atoms with Crippen LogP contribution in [0.3, 0.4) is 0 Å². The molecule has 0 bridgehead atoms. The van der Waals surface area contributed by atoms with Crippen molar-refractivity contribution in [2.45, 2.75) is 13.8 Å². The summed E-state index contributed by atoms with van der Waals surface area (Å²) in [6.45, 7) is 5.96. The van der Waals surface area contributed by atoms with Crippen molar-refractivity contribution in [1.29, 1.82) is 0 Å². The molecule has 0 radical (unpaired) electrons. The molecule has 1 fully saturated rings. The molecule has 9 nitrogen and oxygen atoms in total. The smallest absolute Gasteiger partial charge is 0.336 e. The van der Waals surface area contributed by atoms with Crippen molar-refractivity contribution in [3.63, 3.8) is 0 Å². The number of morpholine rings is 1. The minimum absolute atomic E-state index is 0.159. The third-order valence-corrected chi connectivity index (χ3v) is 4.50. The molecular formula is C19H19N5O4. The summed E-state index contributed by atoms with van der Waals surface area (Å²) in [4.78, 5) is 33.0. The fourth-order valence-electron chi connectivity index (χ4n) is 3.07. The first-order valence-electron chi connectivity index (χ1n) is 8.91. The van der Waals surface area contributed by atoms with Gasteiger partial charge in [0.2, 0.25) is 0 Å². The van der Waals surface area contributed by atoms with Gasteiger partial charge in [-0.05, 0) is 37.6 Å². The number of nitrogens with one attached hydrogen (secondary N) is 1. The number of hydrogen-bond donors (Lipinski definition) is 1. The van der Waals surface area contributed by atoms with Crippen LogP contribution in [0, 0.1) is 13.8 Å². The van der Waals surface area contributed by atoms with Gasteiger partial charge in [-0.2, -0.15) is 0 Å². The van der Waals surface area contributed by atoms with E-state index in [4.69, 9.17) is 9.15 Å².